The average Bonchev–Trinajstić information content (AvgIpc) is 2.66. The van der Waals surface area contributed by atoms with E-state index in [1.54, 1.807) is 4.68 Å². The van der Waals surface area contributed by atoms with E-state index in [9.17, 15) is 0 Å². The number of nitrogen functional groups attached to an aromatic ring is 1. The molecule has 0 bridgehead atoms. The van der Waals surface area contributed by atoms with Crippen LogP contribution in [0.15, 0.2) is 30.3 Å². The number of para-hydroxylation sites is 1. The number of anilines is 3. The summed E-state index contributed by atoms with van der Waals surface area (Å²) in [6.07, 6.45) is 0. The monoisotopic (exact) mass is 227 g/mol. The van der Waals surface area contributed by atoms with Gasteiger partial charge >= 0.3 is 0 Å². The van der Waals surface area contributed by atoms with E-state index in [1.165, 1.54) is 0 Å². The number of hydrogen-bond donors (Lipinski definition) is 2. The lowest BCUT2D eigenvalue weighted by Crippen LogP contribution is -2.03. The van der Waals surface area contributed by atoms with Gasteiger partial charge in [0, 0.05) is 12.2 Å². The SMILES string of the molecule is CCn1nc(N)c(C#N)c1Nc1ccccc1. The predicted molar refractivity (Wildman–Crippen MR) is 66.8 cm³/mol. The molecule has 0 spiro atoms. The lowest BCUT2D eigenvalue weighted by atomic mass is 10.3. The van der Waals surface area contributed by atoms with Crippen LogP contribution in [0, 0.1) is 11.3 Å². The van der Waals surface area contributed by atoms with Gasteiger partial charge in [-0.05, 0) is 19.1 Å². The maximum atomic E-state index is 9.06. The van der Waals surface area contributed by atoms with E-state index in [0.29, 0.717) is 17.9 Å². The molecule has 1 heterocycles. The van der Waals surface area contributed by atoms with Crippen molar-refractivity contribution in [1.29, 1.82) is 5.26 Å². The van der Waals surface area contributed by atoms with Crippen LogP contribution < -0.4 is 11.1 Å². The van der Waals surface area contributed by atoms with E-state index in [0.717, 1.165) is 5.69 Å². The van der Waals surface area contributed by atoms with Gasteiger partial charge in [0.05, 0.1) is 0 Å². The van der Waals surface area contributed by atoms with Crippen molar-refractivity contribution in [2.75, 3.05) is 11.1 Å². The smallest absolute Gasteiger partial charge is 0.165 e. The van der Waals surface area contributed by atoms with Gasteiger partial charge < -0.3 is 11.1 Å². The Kier molecular flexibility index (Phi) is 2.97. The first-order valence-corrected chi connectivity index (χ1v) is 5.34. The van der Waals surface area contributed by atoms with Gasteiger partial charge in [-0.2, -0.15) is 10.4 Å². The Balaban J connectivity index is 2.42. The molecule has 0 unspecified atom stereocenters. The zero-order valence-electron chi connectivity index (χ0n) is 9.51. The van der Waals surface area contributed by atoms with Gasteiger partial charge in [0.1, 0.15) is 17.5 Å². The summed E-state index contributed by atoms with van der Waals surface area (Å²) in [5.41, 5.74) is 6.97. The lowest BCUT2D eigenvalue weighted by molar-refractivity contribution is 0.671. The van der Waals surface area contributed by atoms with Gasteiger partial charge in [0.15, 0.2) is 5.82 Å². The van der Waals surface area contributed by atoms with Crippen LogP contribution in [0.1, 0.15) is 12.5 Å². The van der Waals surface area contributed by atoms with Crippen LogP contribution in [-0.2, 0) is 6.54 Å². The van der Waals surface area contributed by atoms with Crippen LogP contribution >= 0.6 is 0 Å². The molecule has 0 aliphatic rings. The van der Waals surface area contributed by atoms with E-state index in [2.05, 4.69) is 16.5 Å². The number of rotatable bonds is 3. The Hall–Kier alpha value is -2.48. The molecule has 0 aliphatic carbocycles. The zero-order chi connectivity index (χ0) is 12.3. The summed E-state index contributed by atoms with van der Waals surface area (Å²) in [7, 11) is 0. The molecule has 3 N–H and O–H groups in total. The summed E-state index contributed by atoms with van der Waals surface area (Å²) in [5, 5.41) is 16.3. The number of hydrogen-bond acceptors (Lipinski definition) is 4. The lowest BCUT2D eigenvalue weighted by Gasteiger charge is -2.08. The first-order chi connectivity index (χ1) is 8.26. The van der Waals surface area contributed by atoms with E-state index >= 15 is 0 Å². The van der Waals surface area contributed by atoms with Crippen molar-refractivity contribution in [3.63, 3.8) is 0 Å². The highest BCUT2D eigenvalue weighted by molar-refractivity contribution is 5.69. The molecule has 2 aromatic rings. The first kappa shape index (κ1) is 11.0. The van der Waals surface area contributed by atoms with Crippen LogP contribution in [0.4, 0.5) is 17.3 Å². The predicted octanol–water partition coefficient (Wildman–Crippen LogP) is 2.10. The summed E-state index contributed by atoms with van der Waals surface area (Å²) in [6.45, 7) is 2.60. The van der Waals surface area contributed by atoms with Gasteiger partial charge in [0.25, 0.3) is 0 Å². The molecule has 0 saturated carbocycles. The third-order valence-corrected chi connectivity index (χ3v) is 2.43. The molecule has 0 aliphatic heterocycles. The molecule has 1 aromatic heterocycles. The summed E-state index contributed by atoms with van der Waals surface area (Å²) in [4.78, 5) is 0. The van der Waals surface area contributed by atoms with E-state index in [-0.39, 0.29) is 5.82 Å². The van der Waals surface area contributed by atoms with E-state index in [1.807, 2.05) is 37.3 Å². The highest BCUT2D eigenvalue weighted by Crippen LogP contribution is 2.24. The molecule has 0 radical (unpaired) electrons. The Morgan fingerprint density at radius 3 is 2.71 bits per heavy atom. The highest BCUT2D eigenvalue weighted by atomic mass is 15.3. The summed E-state index contributed by atoms with van der Waals surface area (Å²) in [6, 6.07) is 11.7. The standard InChI is InChI=1S/C12H13N5/c1-2-17-12(10(8-13)11(14)16-17)15-9-6-4-3-5-7-9/h3-7,15H,2H2,1H3,(H2,14,16). The first-order valence-electron chi connectivity index (χ1n) is 5.34. The Morgan fingerprint density at radius 2 is 2.12 bits per heavy atom. The minimum atomic E-state index is 0.257. The number of nitrogens with zero attached hydrogens (tertiary/aromatic N) is 3. The Bertz CT molecular complexity index is 550. The Labute approximate surface area is 99.5 Å². The zero-order valence-corrected chi connectivity index (χ0v) is 9.51. The van der Waals surface area contributed by atoms with Gasteiger partial charge in [0.2, 0.25) is 0 Å². The van der Waals surface area contributed by atoms with Crippen molar-refractivity contribution >= 4 is 17.3 Å². The van der Waals surface area contributed by atoms with Crippen molar-refractivity contribution < 1.29 is 0 Å². The molecule has 0 saturated heterocycles. The second kappa shape index (κ2) is 4.58. The molecule has 5 heteroatoms. The Morgan fingerprint density at radius 1 is 1.41 bits per heavy atom. The quantitative estimate of drug-likeness (QED) is 0.841. The van der Waals surface area contributed by atoms with Crippen molar-refractivity contribution in [1.82, 2.24) is 9.78 Å². The fourth-order valence-corrected chi connectivity index (χ4v) is 1.60. The number of aryl methyl sites for hydroxylation is 1. The third-order valence-electron chi connectivity index (χ3n) is 2.43. The molecular weight excluding hydrogens is 214 g/mol. The fourth-order valence-electron chi connectivity index (χ4n) is 1.60. The van der Waals surface area contributed by atoms with Crippen molar-refractivity contribution in [3.8, 4) is 6.07 Å². The van der Waals surface area contributed by atoms with Crippen molar-refractivity contribution in [2.24, 2.45) is 0 Å². The average molecular weight is 227 g/mol. The number of nitrogens with one attached hydrogen (secondary N) is 1. The van der Waals surface area contributed by atoms with Gasteiger partial charge in [-0.15, -0.1) is 0 Å². The van der Waals surface area contributed by atoms with Gasteiger partial charge in [-0.3, -0.25) is 0 Å². The number of aromatic nitrogens is 2. The van der Waals surface area contributed by atoms with Crippen LogP contribution in [0.5, 0.6) is 0 Å². The molecule has 86 valence electrons. The van der Waals surface area contributed by atoms with Gasteiger partial charge in [-0.25, -0.2) is 4.68 Å². The third kappa shape index (κ3) is 2.06. The molecule has 5 nitrogen and oxygen atoms in total. The molecular formula is C12H13N5. The number of nitriles is 1. The summed E-state index contributed by atoms with van der Waals surface area (Å²) in [5.74, 6) is 0.895. The largest absolute Gasteiger partial charge is 0.381 e. The van der Waals surface area contributed by atoms with Crippen molar-refractivity contribution in [2.45, 2.75) is 13.5 Å². The van der Waals surface area contributed by atoms with E-state index < -0.39 is 0 Å². The van der Waals surface area contributed by atoms with Crippen LogP contribution in [0.25, 0.3) is 0 Å². The van der Waals surface area contributed by atoms with Gasteiger partial charge in [-0.1, -0.05) is 18.2 Å². The topological polar surface area (TPSA) is 79.7 Å². The van der Waals surface area contributed by atoms with Crippen LogP contribution in [0.3, 0.4) is 0 Å². The minimum absolute atomic E-state index is 0.257. The van der Waals surface area contributed by atoms with Crippen molar-refractivity contribution in [3.05, 3.63) is 35.9 Å². The van der Waals surface area contributed by atoms with Crippen LogP contribution in [0.2, 0.25) is 0 Å². The second-order valence-electron chi connectivity index (χ2n) is 3.53. The highest BCUT2D eigenvalue weighted by Gasteiger charge is 2.14. The maximum absolute atomic E-state index is 9.06. The normalized spacial score (nSPS) is 9.88. The summed E-state index contributed by atoms with van der Waals surface area (Å²) < 4.78 is 1.68. The molecule has 1 aromatic carbocycles. The molecule has 0 fully saturated rings. The summed E-state index contributed by atoms with van der Waals surface area (Å²) >= 11 is 0. The number of benzene rings is 1. The van der Waals surface area contributed by atoms with Crippen LogP contribution in [-0.4, -0.2) is 9.78 Å². The molecule has 2 rings (SSSR count). The maximum Gasteiger partial charge on any atom is 0.165 e. The molecule has 0 atom stereocenters. The minimum Gasteiger partial charge on any atom is -0.381 e. The number of nitrogens with two attached hydrogens (primary N) is 1. The van der Waals surface area contributed by atoms with E-state index in [4.69, 9.17) is 11.0 Å². The molecule has 0 amide bonds. The fraction of sp³-hybridized carbons (Fsp3) is 0.167. The molecule has 17 heavy (non-hydrogen) atoms. The second-order valence-corrected chi connectivity index (χ2v) is 3.53.